The van der Waals surface area contributed by atoms with Gasteiger partial charge in [0.25, 0.3) is 11.8 Å². The molecule has 0 unspecified atom stereocenters. The number of esters is 1. The molecule has 0 aromatic heterocycles. The van der Waals surface area contributed by atoms with Crippen LogP contribution in [0.15, 0.2) is 77.5 Å². The first-order valence-electron chi connectivity index (χ1n) is 11.2. The van der Waals surface area contributed by atoms with Gasteiger partial charge >= 0.3 is 5.97 Å². The summed E-state index contributed by atoms with van der Waals surface area (Å²) in [6, 6.07) is 17.6. The molecule has 11 heteroatoms. The van der Waals surface area contributed by atoms with Crippen LogP contribution >= 0.6 is 23.2 Å². The number of carbonyl (C=O) groups is 4. The van der Waals surface area contributed by atoms with Gasteiger partial charge in [0.15, 0.2) is 0 Å². The highest BCUT2D eigenvalue weighted by Gasteiger charge is 2.39. The molecule has 3 amide bonds. The number of benzene rings is 3. The highest BCUT2D eigenvalue weighted by Crippen LogP contribution is 2.31. The Morgan fingerprint density at radius 3 is 2.26 bits per heavy atom. The van der Waals surface area contributed by atoms with E-state index in [0.29, 0.717) is 27.7 Å². The molecule has 2 N–H and O–H groups in total. The molecule has 3 aromatic carbocycles. The summed E-state index contributed by atoms with van der Waals surface area (Å²) in [5.74, 6) is -1.76. The lowest BCUT2D eigenvalue weighted by molar-refractivity contribution is -0.120. The lowest BCUT2D eigenvalue weighted by Crippen LogP contribution is -2.32. The van der Waals surface area contributed by atoms with E-state index in [1.165, 1.54) is 38.5 Å². The Labute approximate surface area is 227 Å². The number of carbonyl (C=O) groups excluding carboxylic acids is 4. The second kappa shape index (κ2) is 11.4. The van der Waals surface area contributed by atoms with Gasteiger partial charge in [0.2, 0.25) is 5.91 Å². The summed E-state index contributed by atoms with van der Waals surface area (Å²) in [7, 11) is 2.74. The molecular formula is C27H21Cl2N3O6. The number of hydrogen-bond donors (Lipinski definition) is 2. The minimum atomic E-state index is -0.729. The van der Waals surface area contributed by atoms with Gasteiger partial charge < -0.3 is 20.1 Å². The number of amides is 3. The predicted molar refractivity (Wildman–Crippen MR) is 144 cm³/mol. The van der Waals surface area contributed by atoms with E-state index in [2.05, 4.69) is 10.6 Å². The number of ether oxygens (including phenoxy) is 2. The predicted octanol–water partition coefficient (Wildman–Crippen LogP) is 4.75. The number of methoxy groups -OCH3 is 2. The molecule has 1 heterocycles. The Kier molecular flexibility index (Phi) is 7.99. The minimum absolute atomic E-state index is 0.0924. The van der Waals surface area contributed by atoms with Crippen LogP contribution in [0.1, 0.15) is 15.9 Å². The van der Waals surface area contributed by atoms with Crippen LogP contribution in [0.3, 0.4) is 0 Å². The Balaban J connectivity index is 1.42. The number of nitrogens with one attached hydrogen (secondary N) is 2. The molecule has 0 saturated heterocycles. The van der Waals surface area contributed by atoms with Gasteiger partial charge in [0.1, 0.15) is 16.5 Å². The van der Waals surface area contributed by atoms with Crippen LogP contribution in [0, 0.1) is 0 Å². The Morgan fingerprint density at radius 1 is 0.895 bits per heavy atom. The molecule has 0 radical (unpaired) electrons. The van der Waals surface area contributed by atoms with Gasteiger partial charge in [0, 0.05) is 11.4 Å². The highest BCUT2D eigenvalue weighted by atomic mass is 35.5. The van der Waals surface area contributed by atoms with Crippen molar-refractivity contribution in [3.05, 3.63) is 93.6 Å². The molecule has 0 aliphatic carbocycles. The Hall–Kier alpha value is -4.34. The van der Waals surface area contributed by atoms with E-state index in [0.717, 1.165) is 4.90 Å². The molecule has 194 valence electrons. The molecule has 9 nitrogen and oxygen atoms in total. The maximum Gasteiger partial charge on any atom is 0.337 e. The molecule has 38 heavy (non-hydrogen) atoms. The van der Waals surface area contributed by atoms with Gasteiger partial charge in [-0.15, -0.1) is 0 Å². The van der Waals surface area contributed by atoms with Crippen molar-refractivity contribution in [2.24, 2.45) is 0 Å². The fraction of sp³-hybridized carbons (Fsp3) is 0.111. The van der Waals surface area contributed by atoms with Crippen molar-refractivity contribution in [3.63, 3.8) is 0 Å². The molecule has 0 atom stereocenters. The zero-order valence-electron chi connectivity index (χ0n) is 20.2. The normalized spacial score (nSPS) is 13.0. The first kappa shape index (κ1) is 26.7. The molecule has 0 saturated carbocycles. The summed E-state index contributed by atoms with van der Waals surface area (Å²) in [6.45, 7) is 0. The van der Waals surface area contributed by atoms with Crippen LogP contribution in [-0.4, -0.2) is 37.9 Å². The van der Waals surface area contributed by atoms with Crippen LogP contribution in [0.5, 0.6) is 5.75 Å². The van der Waals surface area contributed by atoms with Gasteiger partial charge in [-0.1, -0.05) is 41.4 Å². The van der Waals surface area contributed by atoms with Gasteiger partial charge in [-0.05, 0) is 54.1 Å². The number of hydrogen-bond acceptors (Lipinski definition) is 7. The average Bonchev–Trinajstić information content (AvgIpc) is 3.12. The number of anilines is 3. The van der Waals surface area contributed by atoms with Gasteiger partial charge in [0.05, 0.1) is 36.9 Å². The van der Waals surface area contributed by atoms with Crippen molar-refractivity contribution < 1.29 is 28.7 Å². The zero-order valence-corrected chi connectivity index (χ0v) is 21.7. The van der Waals surface area contributed by atoms with E-state index in [4.69, 9.17) is 32.7 Å². The largest absolute Gasteiger partial charge is 0.495 e. The summed E-state index contributed by atoms with van der Waals surface area (Å²) >= 11 is 12.3. The zero-order chi connectivity index (χ0) is 27.4. The van der Waals surface area contributed by atoms with Crippen LogP contribution in [0.25, 0.3) is 0 Å². The van der Waals surface area contributed by atoms with E-state index >= 15 is 0 Å². The summed E-state index contributed by atoms with van der Waals surface area (Å²) in [6.07, 6.45) is 0.0924. The first-order valence-corrected chi connectivity index (χ1v) is 11.9. The summed E-state index contributed by atoms with van der Waals surface area (Å²) in [5, 5.41) is 5.73. The van der Waals surface area contributed by atoms with Crippen molar-refractivity contribution in [1.82, 2.24) is 0 Å². The lowest BCUT2D eigenvalue weighted by atomic mass is 10.1. The third-order valence-electron chi connectivity index (χ3n) is 5.58. The van der Waals surface area contributed by atoms with Crippen molar-refractivity contribution in [3.8, 4) is 5.75 Å². The van der Waals surface area contributed by atoms with Crippen LogP contribution < -0.4 is 20.3 Å². The fourth-order valence-corrected chi connectivity index (χ4v) is 4.19. The van der Waals surface area contributed by atoms with Gasteiger partial charge in [-0.3, -0.25) is 14.4 Å². The Bertz CT molecular complexity index is 1470. The number of halogens is 2. The van der Waals surface area contributed by atoms with Crippen LogP contribution in [0.2, 0.25) is 5.02 Å². The van der Waals surface area contributed by atoms with E-state index in [9.17, 15) is 19.2 Å². The van der Waals surface area contributed by atoms with E-state index < -0.39 is 17.8 Å². The fourth-order valence-electron chi connectivity index (χ4n) is 3.72. The van der Waals surface area contributed by atoms with Crippen molar-refractivity contribution in [2.45, 2.75) is 6.42 Å². The van der Waals surface area contributed by atoms with Crippen LogP contribution in [-0.2, 0) is 25.5 Å². The van der Waals surface area contributed by atoms with Crippen molar-refractivity contribution >= 4 is 64.0 Å². The lowest BCUT2D eigenvalue weighted by Gasteiger charge is -2.16. The number of rotatable bonds is 8. The van der Waals surface area contributed by atoms with Gasteiger partial charge in [-0.25, -0.2) is 9.69 Å². The van der Waals surface area contributed by atoms with E-state index in [-0.39, 0.29) is 34.3 Å². The SMILES string of the molecule is COC(=O)c1cccc(N2C(=O)C(Cl)=C(Nc3ccc(CC(=O)Nc4ccc(OC)c(Cl)c4)cc3)C2=O)c1. The molecule has 1 aliphatic heterocycles. The molecule has 0 bridgehead atoms. The molecule has 0 fully saturated rings. The molecule has 1 aliphatic rings. The average molecular weight is 554 g/mol. The molecular weight excluding hydrogens is 533 g/mol. The second-order valence-corrected chi connectivity index (χ2v) is 8.86. The second-order valence-electron chi connectivity index (χ2n) is 8.07. The topological polar surface area (TPSA) is 114 Å². The Morgan fingerprint density at radius 2 is 1.61 bits per heavy atom. The maximum absolute atomic E-state index is 13.0. The van der Waals surface area contributed by atoms with Crippen molar-refractivity contribution in [1.29, 1.82) is 0 Å². The minimum Gasteiger partial charge on any atom is -0.495 e. The summed E-state index contributed by atoms with van der Waals surface area (Å²) < 4.78 is 9.80. The monoisotopic (exact) mass is 553 g/mol. The van der Waals surface area contributed by atoms with E-state index in [1.807, 2.05) is 0 Å². The van der Waals surface area contributed by atoms with E-state index in [1.54, 1.807) is 42.5 Å². The standard InChI is InChI=1S/C27H21Cl2N3O6/c1-37-21-11-10-18(14-20(21)28)30-22(33)12-15-6-8-17(9-7-15)31-24-23(29)25(34)32(26(24)35)19-5-3-4-16(13-19)27(36)38-2/h3-11,13-14,31H,12H2,1-2H3,(H,30,33). The number of nitrogens with zero attached hydrogens (tertiary/aromatic N) is 1. The molecule has 4 rings (SSSR count). The smallest absolute Gasteiger partial charge is 0.337 e. The first-order chi connectivity index (χ1) is 18.2. The summed E-state index contributed by atoms with van der Waals surface area (Å²) in [4.78, 5) is 51.0. The highest BCUT2D eigenvalue weighted by molar-refractivity contribution is 6.53. The third-order valence-corrected chi connectivity index (χ3v) is 6.22. The molecule has 0 spiro atoms. The summed E-state index contributed by atoms with van der Waals surface area (Å²) in [5.41, 5.74) is 1.97. The molecule has 3 aromatic rings. The van der Waals surface area contributed by atoms with Crippen LogP contribution in [0.4, 0.5) is 17.1 Å². The van der Waals surface area contributed by atoms with Crippen molar-refractivity contribution in [2.75, 3.05) is 29.8 Å². The van der Waals surface area contributed by atoms with Gasteiger partial charge in [-0.2, -0.15) is 0 Å². The third kappa shape index (κ3) is 5.64. The quantitative estimate of drug-likeness (QED) is 0.305. The maximum atomic E-state index is 13.0. The number of imide groups is 1.